The summed E-state index contributed by atoms with van der Waals surface area (Å²) in [5, 5.41) is 21.6. The number of hydrogen-bond acceptors (Lipinski definition) is 7. The summed E-state index contributed by atoms with van der Waals surface area (Å²) in [5.41, 5.74) is 1.35. The maximum absolute atomic E-state index is 12.8. The predicted octanol–water partition coefficient (Wildman–Crippen LogP) is 4.05. The van der Waals surface area contributed by atoms with E-state index >= 15 is 0 Å². The molecule has 11 heteroatoms. The smallest absolute Gasteiger partial charge is 0.269 e. The van der Waals surface area contributed by atoms with Gasteiger partial charge in [-0.2, -0.15) is 4.68 Å². The number of amides is 1. The lowest BCUT2D eigenvalue weighted by Gasteiger charge is -2.32. The van der Waals surface area contributed by atoms with E-state index in [1.165, 1.54) is 47.8 Å². The number of nitrogens with zero attached hydrogens (tertiary/aromatic N) is 5. The number of halogens is 1. The Morgan fingerprint density at radius 3 is 2.16 bits per heavy atom. The van der Waals surface area contributed by atoms with Crippen molar-refractivity contribution in [1.82, 2.24) is 14.9 Å². The van der Waals surface area contributed by atoms with Crippen molar-refractivity contribution in [2.24, 2.45) is 0 Å². The molecular formula is C20H14ClN5O4S. The van der Waals surface area contributed by atoms with Gasteiger partial charge in [0.2, 0.25) is 11.1 Å². The fraction of sp³-hybridized carbons (Fsp3) is 0.100. The van der Waals surface area contributed by atoms with Crippen LogP contribution in [0.5, 0.6) is 0 Å². The van der Waals surface area contributed by atoms with Gasteiger partial charge < -0.3 is 0 Å². The number of non-ortho nitro benzene ring substituents is 1. The van der Waals surface area contributed by atoms with E-state index in [2.05, 4.69) is 10.2 Å². The molecule has 1 amide bonds. The van der Waals surface area contributed by atoms with E-state index in [0.717, 1.165) is 11.8 Å². The molecule has 1 aliphatic rings. The molecule has 1 aromatic heterocycles. The summed E-state index contributed by atoms with van der Waals surface area (Å²) in [6, 6.07) is 12.5. The number of nitro benzene ring substituents is 1. The third-order valence-electron chi connectivity index (χ3n) is 4.50. The third-order valence-corrected chi connectivity index (χ3v) is 5.88. The predicted molar refractivity (Wildman–Crippen MR) is 116 cm³/mol. The average Bonchev–Trinajstić information content (AvgIpc) is 3.16. The first kappa shape index (κ1) is 20.8. The molecule has 0 bridgehead atoms. The van der Waals surface area contributed by atoms with Crippen LogP contribution in [0.25, 0.3) is 17.1 Å². The van der Waals surface area contributed by atoms with E-state index < -0.39 is 4.92 Å². The number of fused-ring (bicyclic) bond motifs is 1. The number of aromatic nitrogens is 3. The Hall–Kier alpha value is -3.50. The third kappa shape index (κ3) is 3.71. The van der Waals surface area contributed by atoms with Crippen LogP contribution in [0.15, 0.2) is 58.6 Å². The van der Waals surface area contributed by atoms with Gasteiger partial charge in [0.15, 0.2) is 11.6 Å². The number of nitro groups is 1. The summed E-state index contributed by atoms with van der Waals surface area (Å²) >= 11 is 7.07. The van der Waals surface area contributed by atoms with Crippen LogP contribution in [-0.2, 0) is 9.59 Å². The Balaban J connectivity index is 1.93. The summed E-state index contributed by atoms with van der Waals surface area (Å²) in [7, 11) is 0. The molecule has 0 atom stereocenters. The SMILES string of the molecule is CC(=O)C1=C(c2ccc([N+](=O)[O-])cc2)N(C(C)=O)n2c(nnc2-c2ccc(Cl)cc2)S1. The summed E-state index contributed by atoms with van der Waals surface area (Å²) in [6.07, 6.45) is 0. The molecule has 3 aromatic rings. The number of carbonyl (C=O) groups excluding carboxylic acids is 2. The van der Waals surface area contributed by atoms with E-state index in [-0.39, 0.29) is 22.3 Å². The lowest BCUT2D eigenvalue weighted by molar-refractivity contribution is -0.384. The van der Waals surface area contributed by atoms with Gasteiger partial charge in [-0.25, -0.2) is 5.01 Å². The molecule has 9 nitrogen and oxygen atoms in total. The Bertz CT molecular complexity index is 1250. The Kier molecular flexibility index (Phi) is 5.34. The van der Waals surface area contributed by atoms with Crippen LogP contribution in [-0.4, -0.2) is 31.5 Å². The van der Waals surface area contributed by atoms with E-state index in [0.29, 0.717) is 32.8 Å². The Morgan fingerprint density at radius 1 is 1.00 bits per heavy atom. The second-order valence-electron chi connectivity index (χ2n) is 6.60. The number of benzene rings is 2. The summed E-state index contributed by atoms with van der Waals surface area (Å²) in [6.45, 7) is 2.74. The fourth-order valence-electron chi connectivity index (χ4n) is 3.16. The largest absolute Gasteiger partial charge is 0.294 e. The normalized spacial score (nSPS) is 13.2. The second-order valence-corrected chi connectivity index (χ2v) is 8.01. The van der Waals surface area contributed by atoms with Gasteiger partial charge in [0.1, 0.15) is 0 Å². The minimum Gasteiger partial charge on any atom is -0.294 e. The molecular weight excluding hydrogens is 442 g/mol. The first-order valence-electron chi connectivity index (χ1n) is 8.98. The molecule has 0 spiro atoms. The molecule has 0 unspecified atom stereocenters. The molecule has 0 radical (unpaired) electrons. The lowest BCUT2D eigenvalue weighted by atomic mass is 10.1. The van der Waals surface area contributed by atoms with Gasteiger partial charge in [0.25, 0.3) is 5.69 Å². The standard InChI is InChI=1S/C20H14ClN5O4S/c1-11(27)18-17(13-5-9-16(10-6-13)26(29)30)24(12(2)28)25-19(22-23-20(25)31-18)14-3-7-15(21)8-4-14/h3-10H,1-2H3. The van der Waals surface area contributed by atoms with Gasteiger partial charge in [0, 0.05) is 35.2 Å². The molecule has 0 fully saturated rings. The monoisotopic (exact) mass is 455 g/mol. The Morgan fingerprint density at radius 2 is 1.61 bits per heavy atom. The molecule has 0 aliphatic carbocycles. The lowest BCUT2D eigenvalue weighted by Crippen LogP contribution is -2.41. The number of hydrogen-bond donors (Lipinski definition) is 0. The number of thioether (sulfide) groups is 1. The zero-order valence-electron chi connectivity index (χ0n) is 16.3. The number of Topliss-reactive ketones (excluding diaryl/α,β-unsaturated/α-hetero) is 1. The molecule has 2 heterocycles. The number of allylic oxidation sites excluding steroid dienone is 1. The van der Waals surface area contributed by atoms with Gasteiger partial charge in [0.05, 0.1) is 15.5 Å². The van der Waals surface area contributed by atoms with Crippen LogP contribution >= 0.6 is 23.4 Å². The fourth-order valence-corrected chi connectivity index (χ4v) is 4.24. The van der Waals surface area contributed by atoms with Crippen LogP contribution in [0.2, 0.25) is 5.02 Å². The van der Waals surface area contributed by atoms with Crippen molar-refractivity contribution in [3.63, 3.8) is 0 Å². The van der Waals surface area contributed by atoms with Crippen molar-refractivity contribution < 1.29 is 14.5 Å². The van der Waals surface area contributed by atoms with E-state index in [9.17, 15) is 19.7 Å². The Labute approximate surface area is 185 Å². The summed E-state index contributed by atoms with van der Waals surface area (Å²) in [4.78, 5) is 36.0. The van der Waals surface area contributed by atoms with Gasteiger partial charge in [-0.15, -0.1) is 10.2 Å². The first-order chi connectivity index (χ1) is 14.8. The molecule has 1 aliphatic heterocycles. The zero-order valence-corrected chi connectivity index (χ0v) is 17.8. The minimum absolute atomic E-state index is 0.0987. The first-order valence-corrected chi connectivity index (χ1v) is 10.2. The highest BCUT2D eigenvalue weighted by Crippen LogP contribution is 2.41. The van der Waals surface area contributed by atoms with Crippen LogP contribution in [0.4, 0.5) is 5.69 Å². The van der Waals surface area contributed by atoms with Crippen LogP contribution in [0.1, 0.15) is 19.4 Å². The molecule has 0 N–H and O–H groups in total. The van der Waals surface area contributed by atoms with Gasteiger partial charge in [-0.3, -0.25) is 19.7 Å². The highest BCUT2D eigenvalue weighted by atomic mass is 35.5. The highest BCUT2D eigenvalue weighted by molar-refractivity contribution is 8.04. The number of ketones is 1. The second kappa shape index (κ2) is 7.97. The van der Waals surface area contributed by atoms with Crippen LogP contribution in [0.3, 0.4) is 0 Å². The van der Waals surface area contributed by atoms with Crippen molar-refractivity contribution in [1.29, 1.82) is 0 Å². The molecule has 31 heavy (non-hydrogen) atoms. The average molecular weight is 456 g/mol. The molecule has 0 saturated heterocycles. The van der Waals surface area contributed by atoms with Crippen molar-refractivity contribution in [2.75, 3.05) is 5.01 Å². The number of rotatable bonds is 4. The summed E-state index contributed by atoms with van der Waals surface area (Å²) < 4.78 is 1.53. The molecule has 156 valence electrons. The molecule has 2 aromatic carbocycles. The van der Waals surface area contributed by atoms with E-state index in [1.54, 1.807) is 24.3 Å². The maximum atomic E-state index is 12.8. The van der Waals surface area contributed by atoms with Gasteiger partial charge >= 0.3 is 0 Å². The maximum Gasteiger partial charge on any atom is 0.269 e. The van der Waals surface area contributed by atoms with Gasteiger partial charge in [-0.1, -0.05) is 11.6 Å². The van der Waals surface area contributed by atoms with E-state index in [1.807, 2.05) is 0 Å². The van der Waals surface area contributed by atoms with Gasteiger partial charge in [-0.05, 0) is 55.1 Å². The summed E-state index contributed by atoms with van der Waals surface area (Å²) in [5.74, 6) is -0.271. The van der Waals surface area contributed by atoms with Crippen LogP contribution < -0.4 is 5.01 Å². The molecule has 0 saturated carbocycles. The van der Waals surface area contributed by atoms with Crippen LogP contribution in [0, 0.1) is 10.1 Å². The van der Waals surface area contributed by atoms with Crippen molar-refractivity contribution in [3.8, 4) is 11.4 Å². The van der Waals surface area contributed by atoms with Crippen molar-refractivity contribution >= 4 is 46.4 Å². The van der Waals surface area contributed by atoms with Crippen molar-refractivity contribution in [3.05, 3.63) is 74.1 Å². The number of carbonyl (C=O) groups is 2. The zero-order chi connectivity index (χ0) is 22.3. The quantitative estimate of drug-likeness (QED) is 0.430. The topological polar surface area (TPSA) is 111 Å². The molecule has 4 rings (SSSR count). The van der Waals surface area contributed by atoms with Crippen molar-refractivity contribution in [2.45, 2.75) is 19.0 Å². The van der Waals surface area contributed by atoms with E-state index in [4.69, 9.17) is 11.6 Å². The highest BCUT2D eigenvalue weighted by Gasteiger charge is 2.35. The minimum atomic E-state index is -0.515.